The normalized spacial score (nSPS) is 39.8. The number of hydrogen-bond acceptors (Lipinski definition) is 2. The lowest BCUT2D eigenvalue weighted by molar-refractivity contribution is -0.133. The van der Waals surface area contributed by atoms with Crippen LogP contribution in [0.4, 0.5) is 0 Å². The number of hydrogen-bond donors (Lipinski definition) is 2. The number of carbonyl (C=O) groups is 1. The zero-order chi connectivity index (χ0) is 13.9. The minimum atomic E-state index is -0.152. The van der Waals surface area contributed by atoms with Crippen LogP contribution in [-0.4, -0.2) is 25.0 Å². The highest BCUT2D eigenvalue weighted by Gasteiger charge is 2.39. The molecule has 2 fully saturated rings. The molecule has 4 unspecified atom stereocenters. The molecule has 4 atom stereocenters. The van der Waals surface area contributed by atoms with Crippen LogP contribution >= 0.6 is 0 Å². The van der Waals surface area contributed by atoms with Gasteiger partial charge in [0.15, 0.2) is 0 Å². The fourth-order valence-corrected chi connectivity index (χ4v) is 3.83. The maximum Gasteiger partial charge on any atom is 0.227 e. The van der Waals surface area contributed by atoms with Crippen molar-refractivity contribution in [3.63, 3.8) is 0 Å². The smallest absolute Gasteiger partial charge is 0.227 e. The van der Waals surface area contributed by atoms with E-state index in [1.807, 2.05) is 0 Å². The predicted molar refractivity (Wildman–Crippen MR) is 78.9 cm³/mol. The Hall–Kier alpha value is -0.570. The molecular weight excluding hydrogens is 236 g/mol. The molecule has 0 spiro atoms. The third-order valence-electron chi connectivity index (χ3n) is 5.38. The Kier molecular flexibility index (Phi) is 4.88. The van der Waals surface area contributed by atoms with Crippen molar-refractivity contribution in [3.8, 4) is 0 Å². The first-order valence-corrected chi connectivity index (χ1v) is 8.09. The van der Waals surface area contributed by atoms with E-state index >= 15 is 0 Å². The molecule has 110 valence electrons. The summed E-state index contributed by atoms with van der Waals surface area (Å²) < 4.78 is 0. The van der Waals surface area contributed by atoms with Crippen molar-refractivity contribution < 1.29 is 4.79 Å². The molecule has 1 aliphatic heterocycles. The van der Waals surface area contributed by atoms with Gasteiger partial charge in [0, 0.05) is 12.6 Å². The van der Waals surface area contributed by atoms with Crippen molar-refractivity contribution in [2.24, 2.45) is 17.3 Å². The minimum absolute atomic E-state index is 0.152. The van der Waals surface area contributed by atoms with Gasteiger partial charge in [-0.15, -0.1) is 0 Å². The molecule has 2 aliphatic rings. The van der Waals surface area contributed by atoms with Crippen LogP contribution in [0.25, 0.3) is 0 Å². The fourth-order valence-electron chi connectivity index (χ4n) is 3.83. The summed E-state index contributed by atoms with van der Waals surface area (Å²) in [5.41, 5.74) is -0.152. The number of rotatable bonds is 3. The van der Waals surface area contributed by atoms with Gasteiger partial charge in [0.1, 0.15) is 0 Å². The molecule has 0 aromatic heterocycles. The number of piperidine rings is 1. The molecule has 0 aromatic carbocycles. The SMILES string of the molecule is CCC1(C(=O)NC2CCC(C)CC2C)CCCNC1. The lowest BCUT2D eigenvalue weighted by Crippen LogP contribution is -2.54. The second kappa shape index (κ2) is 6.25. The molecule has 0 bridgehead atoms. The van der Waals surface area contributed by atoms with Gasteiger partial charge in [-0.05, 0) is 56.9 Å². The quantitative estimate of drug-likeness (QED) is 0.824. The van der Waals surface area contributed by atoms with Gasteiger partial charge in [-0.3, -0.25) is 4.79 Å². The number of carbonyl (C=O) groups excluding carboxylic acids is 1. The molecule has 3 heteroatoms. The van der Waals surface area contributed by atoms with E-state index in [0.29, 0.717) is 17.9 Å². The summed E-state index contributed by atoms with van der Waals surface area (Å²) in [4.78, 5) is 12.7. The first-order chi connectivity index (χ1) is 9.07. The van der Waals surface area contributed by atoms with Gasteiger partial charge in [0.25, 0.3) is 0 Å². The summed E-state index contributed by atoms with van der Waals surface area (Å²) in [6.07, 6.45) is 6.78. The Morgan fingerprint density at radius 2 is 2.16 bits per heavy atom. The van der Waals surface area contributed by atoms with Gasteiger partial charge in [-0.1, -0.05) is 20.8 Å². The Labute approximate surface area is 117 Å². The first-order valence-electron chi connectivity index (χ1n) is 8.09. The molecule has 3 nitrogen and oxygen atoms in total. The highest BCUT2D eigenvalue weighted by atomic mass is 16.2. The van der Waals surface area contributed by atoms with E-state index in [2.05, 4.69) is 31.4 Å². The third-order valence-corrected chi connectivity index (χ3v) is 5.38. The molecular formula is C16H30N2O. The lowest BCUT2D eigenvalue weighted by Gasteiger charge is -2.39. The highest BCUT2D eigenvalue weighted by molar-refractivity contribution is 5.83. The average Bonchev–Trinajstić information content (AvgIpc) is 2.42. The van der Waals surface area contributed by atoms with Gasteiger partial charge < -0.3 is 10.6 Å². The molecule has 1 aliphatic carbocycles. The minimum Gasteiger partial charge on any atom is -0.353 e. The predicted octanol–water partition coefficient (Wildman–Crippen LogP) is 2.71. The van der Waals surface area contributed by atoms with Gasteiger partial charge in [0.05, 0.1) is 5.41 Å². The molecule has 2 N–H and O–H groups in total. The standard InChI is InChI=1S/C16H30N2O/c1-4-16(8-5-9-17-11-16)15(19)18-14-7-6-12(2)10-13(14)3/h12-14,17H,4-11H2,1-3H3,(H,18,19). The third kappa shape index (κ3) is 3.31. The van der Waals surface area contributed by atoms with Gasteiger partial charge in [-0.2, -0.15) is 0 Å². The second-order valence-corrected chi connectivity index (χ2v) is 6.89. The lowest BCUT2D eigenvalue weighted by atomic mass is 9.75. The van der Waals surface area contributed by atoms with E-state index in [-0.39, 0.29) is 5.41 Å². The van der Waals surface area contributed by atoms with Gasteiger partial charge >= 0.3 is 0 Å². The van der Waals surface area contributed by atoms with Crippen LogP contribution in [0.5, 0.6) is 0 Å². The molecule has 1 saturated carbocycles. The van der Waals surface area contributed by atoms with E-state index in [9.17, 15) is 4.79 Å². The largest absolute Gasteiger partial charge is 0.353 e. The first kappa shape index (κ1) is 14.8. The average molecular weight is 266 g/mol. The van der Waals surface area contributed by atoms with Crippen LogP contribution in [0.2, 0.25) is 0 Å². The van der Waals surface area contributed by atoms with Gasteiger partial charge in [-0.25, -0.2) is 0 Å². The summed E-state index contributed by atoms with van der Waals surface area (Å²) in [7, 11) is 0. The number of amides is 1. The maximum absolute atomic E-state index is 12.7. The van der Waals surface area contributed by atoms with Crippen molar-refractivity contribution in [1.82, 2.24) is 10.6 Å². The van der Waals surface area contributed by atoms with Crippen molar-refractivity contribution in [2.45, 2.75) is 65.3 Å². The van der Waals surface area contributed by atoms with Crippen molar-refractivity contribution in [1.29, 1.82) is 0 Å². The van der Waals surface area contributed by atoms with E-state index in [1.54, 1.807) is 0 Å². The Morgan fingerprint density at radius 1 is 1.37 bits per heavy atom. The molecule has 1 saturated heterocycles. The summed E-state index contributed by atoms with van der Waals surface area (Å²) >= 11 is 0. The molecule has 0 aromatic rings. The van der Waals surface area contributed by atoms with Crippen molar-refractivity contribution >= 4 is 5.91 Å². The van der Waals surface area contributed by atoms with E-state index < -0.39 is 0 Å². The Balaban J connectivity index is 1.95. The summed E-state index contributed by atoms with van der Waals surface area (Å²) in [5, 5.41) is 6.77. The fraction of sp³-hybridized carbons (Fsp3) is 0.938. The van der Waals surface area contributed by atoms with Gasteiger partial charge in [0.2, 0.25) is 5.91 Å². The molecule has 1 heterocycles. The van der Waals surface area contributed by atoms with Crippen LogP contribution in [0.1, 0.15) is 59.3 Å². The van der Waals surface area contributed by atoms with Crippen LogP contribution in [0.15, 0.2) is 0 Å². The van der Waals surface area contributed by atoms with Crippen LogP contribution < -0.4 is 10.6 Å². The second-order valence-electron chi connectivity index (χ2n) is 6.89. The van der Waals surface area contributed by atoms with E-state index in [0.717, 1.165) is 44.7 Å². The van der Waals surface area contributed by atoms with Crippen molar-refractivity contribution in [2.75, 3.05) is 13.1 Å². The monoisotopic (exact) mass is 266 g/mol. The zero-order valence-corrected chi connectivity index (χ0v) is 12.8. The Bertz CT molecular complexity index is 310. The molecule has 19 heavy (non-hydrogen) atoms. The summed E-state index contributed by atoms with van der Waals surface area (Å²) in [5.74, 6) is 1.74. The van der Waals surface area contributed by atoms with Crippen LogP contribution in [0.3, 0.4) is 0 Å². The topological polar surface area (TPSA) is 41.1 Å². The molecule has 2 rings (SSSR count). The summed E-state index contributed by atoms with van der Waals surface area (Å²) in [6.45, 7) is 8.68. The number of nitrogens with one attached hydrogen (secondary N) is 2. The van der Waals surface area contributed by atoms with Crippen LogP contribution in [0, 0.1) is 17.3 Å². The van der Waals surface area contributed by atoms with Crippen LogP contribution in [-0.2, 0) is 4.79 Å². The highest BCUT2D eigenvalue weighted by Crippen LogP contribution is 2.33. The van der Waals surface area contributed by atoms with E-state index in [4.69, 9.17) is 0 Å². The Morgan fingerprint density at radius 3 is 2.74 bits per heavy atom. The zero-order valence-electron chi connectivity index (χ0n) is 12.8. The summed E-state index contributed by atoms with van der Waals surface area (Å²) in [6, 6.07) is 0.397. The van der Waals surface area contributed by atoms with E-state index in [1.165, 1.54) is 12.8 Å². The molecule has 1 amide bonds. The maximum atomic E-state index is 12.7. The van der Waals surface area contributed by atoms with Crippen molar-refractivity contribution in [3.05, 3.63) is 0 Å². The molecule has 0 radical (unpaired) electrons.